The van der Waals surface area contributed by atoms with E-state index in [1.165, 1.54) is 0 Å². The van der Waals surface area contributed by atoms with E-state index in [-0.39, 0.29) is 0 Å². The first-order chi connectivity index (χ1) is 6.16. The zero-order valence-electron chi connectivity index (χ0n) is 8.20. The molecule has 1 atom stereocenters. The molecule has 0 spiro atoms. The van der Waals surface area contributed by atoms with Crippen LogP contribution < -0.4 is 0 Å². The molecule has 13 heavy (non-hydrogen) atoms. The van der Waals surface area contributed by atoms with E-state index in [0.29, 0.717) is 6.04 Å². The maximum atomic E-state index is 5.14. The Hall–Kier alpha value is -0.290. The first-order valence-corrected chi connectivity index (χ1v) is 6.09. The number of thioether (sulfide) groups is 1. The van der Waals surface area contributed by atoms with Crippen molar-refractivity contribution in [2.24, 2.45) is 0 Å². The molecule has 1 aromatic heterocycles. The van der Waals surface area contributed by atoms with Crippen molar-refractivity contribution in [2.45, 2.75) is 26.3 Å². The summed E-state index contributed by atoms with van der Waals surface area (Å²) >= 11 is 7.00. The Morgan fingerprint density at radius 1 is 1.69 bits per heavy atom. The van der Waals surface area contributed by atoms with E-state index < -0.39 is 0 Å². The van der Waals surface area contributed by atoms with E-state index in [4.69, 9.17) is 12.2 Å². The molecule has 0 aliphatic rings. The smallest absolute Gasteiger partial charge is 0.195 e. The van der Waals surface area contributed by atoms with Crippen molar-refractivity contribution in [1.29, 1.82) is 0 Å². The van der Waals surface area contributed by atoms with Crippen LogP contribution in [0.5, 0.6) is 0 Å². The van der Waals surface area contributed by atoms with Crippen molar-refractivity contribution in [1.82, 2.24) is 14.8 Å². The van der Waals surface area contributed by atoms with Gasteiger partial charge in [-0.15, -0.1) is 0 Å². The summed E-state index contributed by atoms with van der Waals surface area (Å²) in [5, 5.41) is 6.89. The van der Waals surface area contributed by atoms with Gasteiger partial charge in [0.05, 0.1) is 0 Å². The zero-order valence-corrected chi connectivity index (χ0v) is 9.84. The van der Waals surface area contributed by atoms with Gasteiger partial charge in [0.1, 0.15) is 5.82 Å². The highest BCUT2D eigenvalue weighted by Gasteiger charge is 2.08. The lowest BCUT2D eigenvalue weighted by Gasteiger charge is -2.12. The summed E-state index contributed by atoms with van der Waals surface area (Å²) in [6.07, 6.45) is 3.25. The summed E-state index contributed by atoms with van der Waals surface area (Å²) < 4.78 is 2.80. The van der Waals surface area contributed by atoms with Crippen LogP contribution in [0.4, 0.5) is 0 Å². The molecule has 0 aromatic carbocycles. The minimum atomic E-state index is 0.443. The van der Waals surface area contributed by atoms with Gasteiger partial charge < -0.3 is 4.57 Å². The van der Waals surface area contributed by atoms with Gasteiger partial charge in [-0.1, -0.05) is 0 Å². The van der Waals surface area contributed by atoms with E-state index in [2.05, 4.69) is 27.9 Å². The minimum absolute atomic E-state index is 0.443. The van der Waals surface area contributed by atoms with Crippen LogP contribution >= 0.6 is 24.0 Å². The number of aromatic amines is 1. The zero-order chi connectivity index (χ0) is 9.84. The molecule has 3 nitrogen and oxygen atoms in total. The molecule has 74 valence electrons. The highest BCUT2D eigenvalue weighted by molar-refractivity contribution is 7.98. The monoisotopic (exact) mass is 217 g/mol. The highest BCUT2D eigenvalue weighted by atomic mass is 32.2. The van der Waals surface area contributed by atoms with Gasteiger partial charge in [-0.25, -0.2) is 0 Å². The number of nitrogens with one attached hydrogen (secondary N) is 1. The van der Waals surface area contributed by atoms with Crippen LogP contribution in [0.3, 0.4) is 0 Å². The molecule has 1 unspecified atom stereocenters. The molecular formula is C8H15N3S2. The van der Waals surface area contributed by atoms with Crippen LogP contribution in [-0.4, -0.2) is 26.8 Å². The molecule has 1 N–H and O–H groups in total. The normalized spacial score (nSPS) is 13.2. The first kappa shape index (κ1) is 10.8. The molecule has 1 rings (SSSR count). The van der Waals surface area contributed by atoms with Gasteiger partial charge in [0, 0.05) is 6.04 Å². The Morgan fingerprint density at radius 3 is 2.85 bits per heavy atom. The second-order valence-corrected chi connectivity index (χ2v) is 4.45. The lowest BCUT2D eigenvalue weighted by molar-refractivity contribution is 0.515. The number of rotatable bonds is 4. The maximum Gasteiger partial charge on any atom is 0.195 e. The molecule has 0 radical (unpaired) electrons. The second-order valence-electron chi connectivity index (χ2n) is 3.08. The number of hydrogen-bond donors (Lipinski definition) is 1. The molecule has 0 aliphatic carbocycles. The minimum Gasteiger partial charge on any atom is -0.302 e. The fourth-order valence-electron chi connectivity index (χ4n) is 1.32. The van der Waals surface area contributed by atoms with Crippen LogP contribution in [0.2, 0.25) is 0 Å². The van der Waals surface area contributed by atoms with Crippen LogP contribution in [0, 0.1) is 11.7 Å². The average Bonchev–Trinajstić information content (AvgIpc) is 2.42. The molecule has 5 heteroatoms. The quantitative estimate of drug-likeness (QED) is 0.787. The number of nitrogens with zero attached hydrogens (tertiary/aromatic N) is 2. The number of aromatic nitrogens is 3. The maximum absolute atomic E-state index is 5.14. The van der Waals surface area contributed by atoms with Crippen molar-refractivity contribution in [3.63, 3.8) is 0 Å². The van der Waals surface area contributed by atoms with E-state index >= 15 is 0 Å². The van der Waals surface area contributed by atoms with Crippen molar-refractivity contribution < 1.29 is 0 Å². The number of H-pyrrole nitrogens is 1. The number of aryl methyl sites for hydroxylation is 1. The Labute approximate surface area is 87.9 Å². The fraction of sp³-hybridized carbons (Fsp3) is 0.750. The van der Waals surface area contributed by atoms with Crippen LogP contribution in [0.25, 0.3) is 0 Å². The highest BCUT2D eigenvalue weighted by Crippen LogP contribution is 2.15. The first-order valence-electron chi connectivity index (χ1n) is 4.29. The van der Waals surface area contributed by atoms with Crippen molar-refractivity contribution >= 4 is 24.0 Å². The topological polar surface area (TPSA) is 33.6 Å². The Balaban J connectivity index is 2.75. The fourth-order valence-corrected chi connectivity index (χ4v) is 2.25. The Bertz CT molecular complexity index is 315. The summed E-state index contributed by atoms with van der Waals surface area (Å²) in [6.45, 7) is 4.15. The average molecular weight is 217 g/mol. The van der Waals surface area contributed by atoms with E-state index in [1.54, 1.807) is 0 Å². The summed E-state index contributed by atoms with van der Waals surface area (Å²) in [5.41, 5.74) is 0. The van der Waals surface area contributed by atoms with Gasteiger partial charge in [-0.2, -0.15) is 16.9 Å². The SMILES string of the molecule is CSCCC(C)n1c(C)n[nH]c1=S. The third kappa shape index (κ3) is 2.57. The number of hydrogen-bond acceptors (Lipinski definition) is 3. The van der Waals surface area contributed by atoms with E-state index in [9.17, 15) is 0 Å². The van der Waals surface area contributed by atoms with Gasteiger partial charge in [0.15, 0.2) is 4.77 Å². The lowest BCUT2D eigenvalue weighted by atomic mass is 10.2. The van der Waals surface area contributed by atoms with Crippen LogP contribution in [-0.2, 0) is 0 Å². The van der Waals surface area contributed by atoms with Gasteiger partial charge in [-0.05, 0) is 44.5 Å². The molecule has 1 aromatic rings. The third-order valence-electron chi connectivity index (χ3n) is 2.06. The Kier molecular flexibility index (Phi) is 3.99. The molecule has 0 saturated heterocycles. The lowest BCUT2D eigenvalue weighted by Crippen LogP contribution is -2.08. The standard InChI is InChI=1S/C8H15N3S2/c1-6(4-5-13-3)11-7(2)9-10-8(11)12/h6H,4-5H2,1-3H3,(H,10,12). The van der Waals surface area contributed by atoms with Gasteiger partial charge in [0.25, 0.3) is 0 Å². The summed E-state index contributed by atoms with van der Waals surface area (Å²) in [4.78, 5) is 0. The van der Waals surface area contributed by atoms with Crippen LogP contribution in [0.15, 0.2) is 0 Å². The van der Waals surface area contributed by atoms with Gasteiger partial charge >= 0.3 is 0 Å². The molecule has 1 heterocycles. The third-order valence-corrected chi connectivity index (χ3v) is 2.99. The molecule has 0 saturated carbocycles. The van der Waals surface area contributed by atoms with E-state index in [0.717, 1.165) is 22.8 Å². The predicted octanol–water partition coefficient (Wildman–Crippen LogP) is 2.56. The summed E-state index contributed by atoms with van der Waals surface area (Å²) in [6, 6.07) is 0.443. The summed E-state index contributed by atoms with van der Waals surface area (Å²) in [7, 11) is 0. The predicted molar refractivity (Wildman–Crippen MR) is 59.9 cm³/mol. The van der Waals surface area contributed by atoms with Crippen LogP contribution in [0.1, 0.15) is 25.2 Å². The summed E-state index contributed by atoms with van der Waals surface area (Å²) in [5.74, 6) is 2.13. The molecule has 0 amide bonds. The largest absolute Gasteiger partial charge is 0.302 e. The van der Waals surface area contributed by atoms with Crippen molar-refractivity contribution in [3.8, 4) is 0 Å². The second kappa shape index (κ2) is 4.81. The molecule has 0 bridgehead atoms. The van der Waals surface area contributed by atoms with Gasteiger partial charge in [0.2, 0.25) is 0 Å². The van der Waals surface area contributed by atoms with Gasteiger partial charge in [-0.3, -0.25) is 5.10 Å². The van der Waals surface area contributed by atoms with Crippen molar-refractivity contribution in [2.75, 3.05) is 12.0 Å². The molecule has 0 aliphatic heterocycles. The van der Waals surface area contributed by atoms with Crippen molar-refractivity contribution in [3.05, 3.63) is 10.6 Å². The van der Waals surface area contributed by atoms with E-state index in [1.807, 2.05) is 18.7 Å². The Morgan fingerprint density at radius 2 is 2.38 bits per heavy atom. The molecular weight excluding hydrogens is 202 g/mol. The molecule has 0 fully saturated rings.